The zero-order valence-electron chi connectivity index (χ0n) is 20.4. The van der Waals surface area contributed by atoms with Crippen LogP contribution in [0.1, 0.15) is 44.9 Å². The van der Waals surface area contributed by atoms with Gasteiger partial charge in [-0.25, -0.2) is 13.2 Å². The van der Waals surface area contributed by atoms with E-state index in [4.69, 9.17) is 9.47 Å². The lowest BCUT2D eigenvalue weighted by atomic mass is 10.1. The fourth-order valence-corrected chi connectivity index (χ4v) is 6.22. The van der Waals surface area contributed by atoms with Crippen molar-refractivity contribution in [3.8, 4) is 0 Å². The maximum atomic E-state index is 13.8. The molecular weight excluding hydrogens is 468 g/mol. The molecule has 1 aliphatic rings. The molecular formula is C26H30N2O6S. The van der Waals surface area contributed by atoms with E-state index in [1.165, 1.54) is 11.4 Å². The van der Waals surface area contributed by atoms with Crippen molar-refractivity contribution in [1.82, 2.24) is 8.87 Å². The number of nitrogens with zero attached hydrogens (tertiary/aromatic N) is 2. The Morgan fingerprint density at radius 1 is 1.14 bits per heavy atom. The normalized spacial score (nSPS) is 16.2. The highest BCUT2D eigenvalue weighted by Gasteiger charge is 2.33. The largest absolute Gasteiger partial charge is 0.464 e. The third kappa shape index (κ3) is 4.76. The Balaban J connectivity index is 1.72. The van der Waals surface area contributed by atoms with Gasteiger partial charge in [0, 0.05) is 31.5 Å². The van der Waals surface area contributed by atoms with Crippen LogP contribution >= 0.6 is 0 Å². The molecule has 4 rings (SSSR count). The molecule has 1 saturated heterocycles. The maximum Gasteiger partial charge on any atom is 0.354 e. The molecule has 1 aliphatic heterocycles. The molecule has 8 nitrogen and oxygen atoms in total. The van der Waals surface area contributed by atoms with E-state index in [9.17, 15) is 18.0 Å². The lowest BCUT2D eigenvalue weighted by molar-refractivity contribution is 0.0588. The van der Waals surface area contributed by atoms with Crippen molar-refractivity contribution in [2.24, 2.45) is 7.05 Å². The Labute approximate surface area is 205 Å². The smallest absolute Gasteiger partial charge is 0.354 e. The molecule has 0 saturated carbocycles. The highest BCUT2D eigenvalue weighted by atomic mass is 32.2. The van der Waals surface area contributed by atoms with Crippen LogP contribution in [0.25, 0.3) is 10.8 Å². The number of benzene rings is 2. The van der Waals surface area contributed by atoms with Gasteiger partial charge in [0.1, 0.15) is 5.69 Å². The third-order valence-corrected chi connectivity index (χ3v) is 8.51. The molecule has 0 spiro atoms. The molecule has 1 aromatic heterocycles. The van der Waals surface area contributed by atoms with Crippen molar-refractivity contribution < 1.29 is 27.5 Å². The average Bonchev–Trinajstić information content (AvgIpc) is 3.43. The van der Waals surface area contributed by atoms with Crippen LogP contribution < -0.4 is 0 Å². The van der Waals surface area contributed by atoms with Gasteiger partial charge in [-0.2, -0.15) is 4.31 Å². The number of carbonyl (C=O) groups is 2. The number of fused-ring (bicyclic) bond motifs is 1. The fraction of sp³-hybridized carbons (Fsp3) is 0.385. The van der Waals surface area contributed by atoms with Crippen molar-refractivity contribution in [3.63, 3.8) is 0 Å². The highest BCUT2D eigenvalue weighted by Crippen LogP contribution is 2.27. The van der Waals surface area contributed by atoms with Crippen LogP contribution in [0.15, 0.2) is 47.4 Å². The van der Waals surface area contributed by atoms with Crippen molar-refractivity contribution in [1.29, 1.82) is 0 Å². The Morgan fingerprint density at radius 3 is 2.51 bits per heavy atom. The predicted molar refractivity (Wildman–Crippen MR) is 132 cm³/mol. The van der Waals surface area contributed by atoms with Crippen LogP contribution in [0.2, 0.25) is 0 Å². The van der Waals surface area contributed by atoms with E-state index in [1.54, 1.807) is 43.7 Å². The number of hydrogen-bond acceptors (Lipinski definition) is 6. The highest BCUT2D eigenvalue weighted by molar-refractivity contribution is 7.89. The van der Waals surface area contributed by atoms with Crippen LogP contribution in [-0.4, -0.2) is 62.0 Å². The van der Waals surface area contributed by atoms with E-state index >= 15 is 0 Å². The first-order chi connectivity index (χ1) is 16.6. The number of Topliss-reactive ketones (excluding diaryl/α,β-unsaturated/α-hetero) is 1. The second-order valence-electron chi connectivity index (χ2n) is 8.85. The number of esters is 1. The van der Waals surface area contributed by atoms with E-state index in [-0.39, 0.29) is 35.6 Å². The molecule has 2 heterocycles. The average molecular weight is 499 g/mol. The molecule has 2 aromatic carbocycles. The first-order valence-corrected chi connectivity index (χ1v) is 13.0. The van der Waals surface area contributed by atoms with Crippen molar-refractivity contribution in [2.75, 3.05) is 26.8 Å². The number of ether oxygens (including phenoxy) is 2. The minimum atomic E-state index is -4.00. The van der Waals surface area contributed by atoms with Gasteiger partial charge in [0.25, 0.3) is 0 Å². The first kappa shape index (κ1) is 25.1. The molecule has 0 amide bonds. The standard InChI is InChI=1S/C26H30N2O6S/c1-17-24(18(2)27(3)25(17)26(30)33-4)23(29)16-28(15-21-10-7-13-34-21)35(31,32)22-12-11-19-8-5-6-9-20(19)14-22/h5-6,8-9,11-12,14,21H,7,10,13,15-16H2,1-4H3. The minimum Gasteiger partial charge on any atom is -0.464 e. The van der Waals surface area contributed by atoms with Gasteiger partial charge in [-0.15, -0.1) is 0 Å². The van der Waals surface area contributed by atoms with E-state index in [0.29, 0.717) is 23.4 Å². The molecule has 0 radical (unpaired) electrons. The van der Waals surface area contributed by atoms with Crippen molar-refractivity contribution in [2.45, 2.75) is 37.7 Å². The predicted octanol–water partition coefficient (Wildman–Crippen LogP) is 3.63. The van der Waals surface area contributed by atoms with Gasteiger partial charge in [0.15, 0.2) is 5.78 Å². The van der Waals surface area contributed by atoms with E-state index < -0.39 is 16.0 Å². The van der Waals surface area contributed by atoms with Crippen molar-refractivity contribution >= 4 is 32.5 Å². The monoisotopic (exact) mass is 498 g/mol. The summed E-state index contributed by atoms with van der Waals surface area (Å²) in [6, 6.07) is 12.5. The summed E-state index contributed by atoms with van der Waals surface area (Å²) >= 11 is 0. The maximum absolute atomic E-state index is 13.8. The van der Waals surface area contributed by atoms with E-state index in [2.05, 4.69) is 0 Å². The van der Waals surface area contributed by atoms with Crippen LogP contribution in [-0.2, 0) is 26.5 Å². The van der Waals surface area contributed by atoms with E-state index in [1.807, 2.05) is 24.3 Å². The van der Waals surface area contributed by atoms with Gasteiger partial charge in [0.05, 0.1) is 24.7 Å². The number of aromatic nitrogens is 1. The Bertz CT molecular complexity index is 1390. The number of hydrogen-bond donors (Lipinski definition) is 0. The van der Waals surface area contributed by atoms with Crippen LogP contribution in [0.4, 0.5) is 0 Å². The number of sulfonamides is 1. The van der Waals surface area contributed by atoms with Gasteiger partial charge in [0.2, 0.25) is 10.0 Å². The lowest BCUT2D eigenvalue weighted by Gasteiger charge is -2.24. The Hall–Kier alpha value is -3.01. The summed E-state index contributed by atoms with van der Waals surface area (Å²) in [5.41, 5.74) is 1.66. The topological polar surface area (TPSA) is 94.9 Å². The molecule has 0 bridgehead atoms. The lowest BCUT2D eigenvalue weighted by Crippen LogP contribution is -2.41. The van der Waals surface area contributed by atoms with Gasteiger partial charge < -0.3 is 14.0 Å². The second kappa shape index (κ2) is 9.93. The molecule has 0 N–H and O–H groups in total. The van der Waals surface area contributed by atoms with E-state index in [0.717, 1.165) is 23.6 Å². The summed E-state index contributed by atoms with van der Waals surface area (Å²) in [5.74, 6) is -0.930. The quantitative estimate of drug-likeness (QED) is 0.348. The minimum absolute atomic E-state index is 0.0791. The molecule has 0 aliphatic carbocycles. The van der Waals surface area contributed by atoms with Crippen LogP contribution in [0.5, 0.6) is 0 Å². The van der Waals surface area contributed by atoms with Gasteiger partial charge in [-0.1, -0.05) is 30.3 Å². The molecule has 35 heavy (non-hydrogen) atoms. The van der Waals surface area contributed by atoms with Crippen LogP contribution in [0, 0.1) is 13.8 Å². The number of ketones is 1. The summed E-state index contributed by atoms with van der Waals surface area (Å²) in [6.07, 6.45) is 1.30. The Morgan fingerprint density at radius 2 is 1.86 bits per heavy atom. The first-order valence-electron chi connectivity index (χ1n) is 11.5. The molecule has 1 atom stereocenters. The molecule has 3 aromatic rings. The van der Waals surface area contributed by atoms with Crippen molar-refractivity contribution in [3.05, 3.63) is 65.0 Å². The Kier molecular flexibility index (Phi) is 7.12. The second-order valence-corrected chi connectivity index (χ2v) is 10.8. The summed E-state index contributed by atoms with van der Waals surface area (Å²) in [6.45, 7) is 3.70. The van der Waals surface area contributed by atoms with Gasteiger partial charge in [-0.05, 0) is 55.2 Å². The number of rotatable bonds is 8. The SMILES string of the molecule is COC(=O)c1c(C)c(C(=O)CN(CC2CCCO2)S(=O)(=O)c2ccc3ccccc3c2)c(C)n1C. The molecule has 186 valence electrons. The summed E-state index contributed by atoms with van der Waals surface area (Å²) < 4.78 is 40.9. The molecule has 9 heteroatoms. The number of carbonyl (C=O) groups excluding carboxylic acids is 2. The fourth-order valence-electron chi connectivity index (χ4n) is 4.75. The summed E-state index contributed by atoms with van der Waals surface area (Å²) in [7, 11) is -1.03. The van der Waals surface area contributed by atoms with Gasteiger partial charge >= 0.3 is 5.97 Å². The number of methoxy groups -OCH3 is 1. The zero-order valence-corrected chi connectivity index (χ0v) is 21.2. The van der Waals surface area contributed by atoms with Gasteiger partial charge in [-0.3, -0.25) is 4.79 Å². The van der Waals surface area contributed by atoms with Crippen LogP contribution in [0.3, 0.4) is 0 Å². The summed E-state index contributed by atoms with van der Waals surface area (Å²) in [5, 5.41) is 1.73. The zero-order chi connectivity index (χ0) is 25.3. The third-order valence-electron chi connectivity index (χ3n) is 6.70. The molecule has 1 unspecified atom stereocenters. The summed E-state index contributed by atoms with van der Waals surface area (Å²) in [4.78, 5) is 25.9. The molecule has 1 fully saturated rings.